The Hall–Kier alpha value is -0.650. The molecule has 0 radical (unpaired) electrons. The van der Waals surface area contributed by atoms with Crippen molar-refractivity contribution < 1.29 is 23.7 Å². The number of ether oxygens (including phenoxy) is 4. The second kappa shape index (κ2) is 5.39. The van der Waals surface area contributed by atoms with Crippen molar-refractivity contribution in [3.8, 4) is 0 Å². The van der Waals surface area contributed by atoms with E-state index in [0.717, 1.165) is 38.7 Å². The van der Waals surface area contributed by atoms with Crippen molar-refractivity contribution in [2.45, 2.75) is 96.2 Å². The summed E-state index contributed by atoms with van der Waals surface area (Å²) in [4.78, 5) is 11.7. The lowest BCUT2D eigenvalue weighted by molar-refractivity contribution is -0.396. The Balaban J connectivity index is 1.38. The van der Waals surface area contributed by atoms with E-state index in [9.17, 15) is 4.79 Å². The summed E-state index contributed by atoms with van der Waals surface area (Å²) in [6.07, 6.45) is 8.23. The predicted molar refractivity (Wildman–Crippen MR) is 106 cm³/mol. The Morgan fingerprint density at radius 1 is 1.03 bits per heavy atom. The highest BCUT2D eigenvalue weighted by molar-refractivity contribution is 5.66. The van der Waals surface area contributed by atoms with Crippen LogP contribution in [0.5, 0.6) is 0 Å². The van der Waals surface area contributed by atoms with Gasteiger partial charge in [-0.05, 0) is 56.3 Å². The van der Waals surface area contributed by atoms with E-state index in [-0.39, 0.29) is 33.9 Å². The molecule has 2 spiro atoms. The fourth-order valence-corrected chi connectivity index (χ4v) is 9.74. The second-order valence-corrected chi connectivity index (χ2v) is 11.7. The van der Waals surface area contributed by atoms with Gasteiger partial charge in [-0.3, -0.25) is 4.79 Å². The van der Waals surface area contributed by atoms with Gasteiger partial charge in [-0.25, -0.2) is 0 Å². The summed E-state index contributed by atoms with van der Waals surface area (Å²) in [7, 11) is 1.81. The van der Waals surface area contributed by atoms with E-state index < -0.39 is 5.79 Å². The normalized spacial score (nSPS) is 58.6. The number of hydrogen-bond acceptors (Lipinski definition) is 5. The Morgan fingerprint density at radius 3 is 2.48 bits per heavy atom. The number of carbonyl (C=O) groups excluding carboxylic acids is 1. The summed E-state index contributed by atoms with van der Waals surface area (Å²) in [6, 6.07) is 0. The van der Waals surface area contributed by atoms with Crippen LogP contribution in [0.25, 0.3) is 0 Å². The van der Waals surface area contributed by atoms with Crippen LogP contribution in [0, 0.1) is 34.0 Å². The lowest BCUT2D eigenvalue weighted by Gasteiger charge is -2.70. The monoisotopic (exact) mass is 404 g/mol. The Morgan fingerprint density at radius 2 is 1.83 bits per heavy atom. The van der Waals surface area contributed by atoms with E-state index >= 15 is 0 Å². The highest BCUT2D eigenvalue weighted by Gasteiger charge is 2.88. The fourth-order valence-electron chi connectivity index (χ4n) is 9.74. The zero-order valence-electron chi connectivity index (χ0n) is 18.6. The molecule has 29 heavy (non-hydrogen) atoms. The minimum Gasteiger partial charge on any atom is -0.462 e. The molecule has 5 nitrogen and oxygen atoms in total. The summed E-state index contributed by atoms with van der Waals surface area (Å²) >= 11 is 0. The quantitative estimate of drug-likeness (QED) is 0.513. The van der Waals surface area contributed by atoms with Crippen molar-refractivity contribution in [2.75, 3.05) is 13.7 Å². The molecule has 9 unspecified atom stereocenters. The molecule has 3 heterocycles. The molecular weight excluding hydrogens is 368 g/mol. The third-order valence-corrected chi connectivity index (χ3v) is 11.0. The van der Waals surface area contributed by atoms with Crippen LogP contribution in [0.2, 0.25) is 0 Å². The van der Waals surface area contributed by atoms with Crippen molar-refractivity contribution >= 4 is 5.97 Å². The summed E-state index contributed by atoms with van der Waals surface area (Å²) < 4.78 is 25.2. The van der Waals surface area contributed by atoms with Crippen LogP contribution in [-0.2, 0) is 23.7 Å². The molecule has 7 fully saturated rings. The zero-order chi connectivity index (χ0) is 20.4. The van der Waals surface area contributed by atoms with Crippen LogP contribution in [0.1, 0.15) is 72.6 Å². The number of fused-ring (bicyclic) bond motifs is 5. The first-order valence-electron chi connectivity index (χ1n) is 11.7. The number of hydrogen-bond donors (Lipinski definition) is 0. The molecule has 0 aromatic carbocycles. The van der Waals surface area contributed by atoms with Gasteiger partial charge >= 0.3 is 5.97 Å². The van der Waals surface area contributed by atoms with E-state index in [1.807, 2.05) is 0 Å². The maximum absolute atomic E-state index is 11.7. The van der Waals surface area contributed by atoms with Crippen LogP contribution in [0.4, 0.5) is 0 Å². The largest absolute Gasteiger partial charge is 0.462 e. The van der Waals surface area contributed by atoms with Crippen molar-refractivity contribution in [1.29, 1.82) is 0 Å². The Labute approximate surface area is 174 Å². The molecule has 9 atom stereocenters. The molecule has 3 aliphatic heterocycles. The highest BCUT2D eigenvalue weighted by atomic mass is 16.7. The molecule has 2 bridgehead atoms. The van der Waals surface area contributed by atoms with Gasteiger partial charge in [0.2, 0.25) is 0 Å². The van der Waals surface area contributed by atoms with Gasteiger partial charge in [0.1, 0.15) is 11.7 Å². The van der Waals surface area contributed by atoms with Crippen LogP contribution in [0.3, 0.4) is 0 Å². The van der Waals surface area contributed by atoms with Gasteiger partial charge in [0.05, 0.1) is 18.1 Å². The highest BCUT2D eigenvalue weighted by Crippen LogP contribution is 2.81. The van der Waals surface area contributed by atoms with E-state index in [4.69, 9.17) is 18.9 Å². The molecule has 162 valence electrons. The van der Waals surface area contributed by atoms with E-state index in [0.29, 0.717) is 23.9 Å². The van der Waals surface area contributed by atoms with Gasteiger partial charge < -0.3 is 18.9 Å². The zero-order valence-corrected chi connectivity index (χ0v) is 18.6. The molecule has 7 rings (SSSR count). The van der Waals surface area contributed by atoms with Gasteiger partial charge in [0.15, 0.2) is 5.79 Å². The molecule has 0 aromatic rings. The Bertz CT molecular complexity index is 752. The van der Waals surface area contributed by atoms with Crippen LogP contribution < -0.4 is 0 Å². The van der Waals surface area contributed by atoms with Crippen LogP contribution in [0.15, 0.2) is 0 Å². The molecule has 5 heteroatoms. The molecule has 3 saturated heterocycles. The summed E-state index contributed by atoms with van der Waals surface area (Å²) in [5.41, 5.74) is 0.00642. The molecule has 0 amide bonds. The SMILES string of the molecule is COC12CCC3(CO1)C1CCC4(C)C(OC(C)=O)CCC4C1CC1OC13C2(C)C. The first kappa shape index (κ1) is 19.1. The first-order chi connectivity index (χ1) is 13.7. The smallest absolute Gasteiger partial charge is 0.302 e. The Kier molecular flexibility index (Phi) is 3.54. The predicted octanol–water partition coefficient (Wildman–Crippen LogP) is 4.08. The van der Waals surface area contributed by atoms with E-state index in [1.54, 1.807) is 14.0 Å². The lowest BCUT2D eigenvalue weighted by atomic mass is 9.39. The fraction of sp³-hybridized carbons (Fsp3) is 0.958. The number of epoxide rings is 1. The number of methoxy groups -OCH3 is 1. The number of carbonyl (C=O) groups is 1. The molecular formula is C24H36O5. The maximum Gasteiger partial charge on any atom is 0.302 e. The van der Waals surface area contributed by atoms with Crippen LogP contribution in [-0.4, -0.2) is 43.3 Å². The first-order valence-corrected chi connectivity index (χ1v) is 11.7. The standard InChI is InChI=1S/C24H36O5/c1-14(25)28-18-7-6-16-15-12-19-24(29-19)20(2,3)23(26-5)11-10-22(24,13-27-23)17(15)8-9-21(16,18)4/h15-19H,6-13H2,1-5H3. The number of rotatable bonds is 2. The maximum atomic E-state index is 11.7. The molecule has 4 saturated carbocycles. The van der Waals surface area contributed by atoms with Gasteiger partial charge in [-0.2, -0.15) is 0 Å². The third-order valence-electron chi connectivity index (χ3n) is 11.0. The molecule has 4 aliphatic carbocycles. The van der Waals surface area contributed by atoms with Crippen molar-refractivity contribution in [1.82, 2.24) is 0 Å². The van der Waals surface area contributed by atoms with Crippen molar-refractivity contribution in [3.63, 3.8) is 0 Å². The molecule has 0 N–H and O–H groups in total. The lowest BCUT2D eigenvalue weighted by Crippen LogP contribution is -2.76. The number of esters is 1. The van der Waals surface area contributed by atoms with Crippen LogP contribution >= 0.6 is 0 Å². The van der Waals surface area contributed by atoms with Gasteiger partial charge in [0, 0.05) is 31.3 Å². The second-order valence-electron chi connectivity index (χ2n) is 11.7. The van der Waals surface area contributed by atoms with E-state index in [1.165, 1.54) is 12.8 Å². The van der Waals surface area contributed by atoms with Gasteiger partial charge in [-0.1, -0.05) is 20.8 Å². The third kappa shape index (κ3) is 1.85. The summed E-state index contributed by atoms with van der Waals surface area (Å²) in [5, 5.41) is 0. The molecule has 0 aromatic heterocycles. The minimum absolute atomic E-state index is 0.0850. The van der Waals surface area contributed by atoms with Gasteiger partial charge in [0.25, 0.3) is 0 Å². The van der Waals surface area contributed by atoms with Crippen molar-refractivity contribution in [3.05, 3.63) is 0 Å². The average molecular weight is 405 g/mol. The topological polar surface area (TPSA) is 57.3 Å². The minimum atomic E-state index is -0.507. The molecule has 7 aliphatic rings. The van der Waals surface area contributed by atoms with Crippen molar-refractivity contribution in [2.24, 2.45) is 34.0 Å². The van der Waals surface area contributed by atoms with E-state index in [2.05, 4.69) is 20.8 Å². The summed E-state index contributed by atoms with van der Waals surface area (Å²) in [5.74, 6) is 1.29. The van der Waals surface area contributed by atoms with Gasteiger partial charge in [-0.15, -0.1) is 0 Å². The average Bonchev–Trinajstić information content (AvgIpc) is 3.34. The summed E-state index contributed by atoms with van der Waals surface area (Å²) in [6.45, 7) is 9.37.